The molecule has 2 bridgehead atoms. The normalized spacial score (nSPS) is 36.0. The number of fused-ring (bicyclic) bond motifs is 2. The molecule has 3 atom stereocenters. The second-order valence-electron chi connectivity index (χ2n) is 6.45. The molecule has 3 aliphatic rings. The van der Waals surface area contributed by atoms with Crippen LogP contribution >= 0.6 is 0 Å². The molecule has 0 aromatic rings. The van der Waals surface area contributed by atoms with Crippen molar-refractivity contribution < 1.29 is 9.59 Å². The van der Waals surface area contributed by atoms with Crippen LogP contribution in [-0.2, 0) is 9.59 Å². The number of nitrogens with zero attached hydrogens (tertiary/aromatic N) is 1. The predicted octanol–water partition coefficient (Wildman–Crippen LogP) is 0.787. The largest absolute Gasteiger partial charge is 0.344 e. The maximum Gasteiger partial charge on any atom is 0.245 e. The number of amides is 2. The molecule has 20 heavy (non-hydrogen) atoms. The fourth-order valence-corrected chi connectivity index (χ4v) is 3.99. The first-order valence-corrected chi connectivity index (χ1v) is 8.03. The van der Waals surface area contributed by atoms with Gasteiger partial charge in [-0.3, -0.25) is 9.59 Å². The number of carbonyl (C=O) groups excluding carboxylic acids is 2. The first-order valence-electron chi connectivity index (χ1n) is 8.03. The summed E-state index contributed by atoms with van der Waals surface area (Å²) >= 11 is 0. The zero-order valence-corrected chi connectivity index (χ0v) is 12.2. The van der Waals surface area contributed by atoms with Gasteiger partial charge in [-0.05, 0) is 38.5 Å². The average molecular weight is 279 g/mol. The molecule has 112 valence electrons. The Hall–Kier alpha value is -1.10. The molecular formula is C15H25N3O2. The third kappa shape index (κ3) is 2.68. The van der Waals surface area contributed by atoms with E-state index in [4.69, 9.17) is 0 Å². The highest BCUT2D eigenvalue weighted by molar-refractivity contribution is 5.91. The Morgan fingerprint density at radius 2 is 1.95 bits per heavy atom. The Morgan fingerprint density at radius 1 is 1.25 bits per heavy atom. The number of nitrogens with one attached hydrogen (secondary N) is 2. The highest BCUT2D eigenvalue weighted by atomic mass is 16.2. The van der Waals surface area contributed by atoms with Gasteiger partial charge in [-0.15, -0.1) is 0 Å². The molecule has 5 nitrogen and oxygen atoms in total. The van der Waals surface area contributed by atoms with Gasteiger partial charge in [-0.2, -0.15) is 0 Å². The van der Waals surface area contributed by atoms with Crippen molar-refractivity contribution in [1.82, 2.24) is 15.5 Å². The Morgan fingerprint density at radius 3 is 2.50 bits per heavy atom. The van der Waals surface area contributed by atoms with Crippen LogP contribution in [0.15, 0.2) is 0 Å². The molecule has 0 radical (unpaired) electrons. The number of carbonyl (C=O) groups is 2. The van der Waals surface area contributed by atoms with Gasteiger partial charge in [0.15, 0.2) is 0 Å². The van der Waals surface area contributed by atoms with Crippen LogP contribution < -0.4 is 10.6 Å². The van der Waals surface area contributed by atoms with Gasteiger partial charge in [-0.1, -0.05) is 6.92 Å². The van der Waals surface area contributed by atoms with Gasteiger partial charge in [0, 0.05) is 31.1 Å². The minimum Gasteiger partial charge on any atom is -0.344 e. The lowest BCUT2D eigenvalue weighted by atomic mass is 9.97. The van der Waals surface area contributed by atoms with Crippen LogP contribution in [-0.4, -0.2) is 47.4 Å². The summed E-state index contributed by atoms with van der Waals surface area (Å²) in [5, 5.41) is 6.45. The first-order chi connectivity index (χ1) is 9.67. The van der Waals surface area contributed by atoms with Crippen LogP contribution in [0.4, 0.5) is 0 Å². The van der Waals surface area contributed by atoms with E-state index in [-0.39, 0.29) is 17.9 Å². The number of rotatable bonds is 4. The molecule has 2 N–H and O–H groups in total. The quantitative estimate of drug-likeness (QED) is 0.800. The SMILES string of the molecule is CCCN(C(=O)[C@@H]1CCC(=O)N1)C1CC2CCC(C1)N2. The third-order valence-corrected chi connectivity index (χ3v) is 4.93. The highest BCUT2D eigenvalue weighted by Crippen LogP contribution is 2.30. The van der Waals surface area contributed by atoms with Gasteiger partial charge in [0.2, 0.25) is 11.8 Å². The highest BCUT2D eigenvalue weighted by Gasteiger charge is 2.39. The van der Waals surface area contributed by atoms with Gasteiger partial charge in [0.25, 0.3) is 0 Å². The lowest BCUT2D eigenvalue weighted by Gasteiger charge is -2.38. The Bertz CT molecular complexity index is 387. The van der Waals surface area contributed by atoms with Crippen molar-refractivity contribution in [1.29, 1.82) is 0 Å². The fourth-order valence-electron chi connectivity index (χ4n) is 3.99. The summed E-state index contributed by atoms with van der Waals surface area (Å²) in [6, 6.07) is 1.26. The summed E-state index contributed by atoms with van der Waals surface area (Å²) in [5.41, 5.74) is 0. The van der Waals surface area contributed by atoms with Crippen LogP contribution in [0.2, 0.25) is 0 Å². The molecule has 0 aromatic heterocycles. The van der Waals surface area contributed by atoms with Crippen molar-refractivity contribution in [3.8, 4) is 0 Å². The first kappa shape index (κ1) is 13.9. The summed E-state index contributed by atoms with van der Waals surface area (Å²) in [6.45, 7) is 2.93. The molecule has 3 aliphatic heterocycles. The minimum atomic E-state index is -0.276. The van der Waals surface area contributed by atoms with Gasteiger partial charge in [0.1, 0.15) is 6.04 Å². The maximum absolute atomic E-state index is 12.7. The number of hydrogen-bond acceptors (Lipinski definition) is 3. The maximum atomic E-state index is 12.7. The topological polar surface area (TPSA) is 61.4 Å². The summed E-state index contributed by atoms with van der Waals surface area (Å²) in [4.78, 5) is 26.1. The van der Waals surface area contributed by atoms with Crippen LogP contribution in [0.1, 0.15) is 51.9 Å². The van der Waals surface area contributed by atoms with Crippen LogP contribution in [0, 0.1) is 0 Å². The molecule has 3 saturated heterocycles. The second-order valence-corrected chi connectivity index (χ2v) is 6.45. The van der Waals surface area contributed by atoms with E-state index < -0.39 is 0 Å². The Labute approximate surface area is 120 Å². The van der Waals surface area contributed by atoms with Gasteiger partial charge >= 0.3 is 0 Å². The average Bonchev–Trinajstić information content (AvgIpc) is 3.01. The van der Waals surface area contributed by atoms with E-state index in [9.17, 15) is 9.59 Å². The van der Waals surface area contributed by atoms with E-state index in [2.05, 4.69) is 22.5 Å². The van der Waals surface area contributed by atoms with E-state index in [1.54, 1.807) is 0 Å². The number of hydrogen-bond donors (Lipinski definition) is 2. The Kier molecular flexibility index (Phi) is 3.96. The summed E-state index contributed by atoms with van der Waals surface area (Å²) in [5.74, 6) is 0.161. The molecule has 0 aliphatic carbocycles. The standard InChI is InChI=1S/C15H25N3O2/c1-2-7-18(15(20)13-5-6-14(19)17-13)12-8-10-3-4-11(9-12)16-10/h10-13,16H,2-9H2,1H3,(H,17,19)/t10?,11?,12?,13-/m0/s1. The fraction of sp³-hybridized carbons (Fsp3) is 0.867. The lowest BCUT2D eigenvalue weighted by molar-refractivity contribution is -0.137. The van der Waals surface area contributed by atoms with E-state index in [1.165, 1.54) is 12.8 Å². The van der Waals surface area contributed by atoms with Crippen molar-refractivity contribution in [3.63, 3.8) is 0 Å². The lowest BCUT2D eigenvalue weighted by Crippen LogP contribution is -2.54. The zero-order chi connectivity index (χ0) is 14.1. The minimum absolute atomic E-state index is 0.0187. The van der Waals surface area contributed by atoms with Crippen molar-refractivity contribution >= 4 is 11.8 Å². The Balaban J connectivity index is 1.68. The van der Waals surface area contributed by atoms with Crippen molar-refractivity contribution in [2.45, 2.75) is 76.0 Å². The van der Waals surface area contributed by atoms with E-state index in [0.29, 0.717) is 31.0 Å². The molecule has 5 heteroatoms. The predicted molar refractivity (Wildman–Crippen MR) is 76.1 cm³/mol. The molecule has 0 aromatic carbocycles. The molecular weight excluding hydrogens is 254 g/mol. The van der Waals surface area contributed by atoms with E-state index >= 15 is 0 Å². The van der Waals surface area contributed by atoms with Crippen LogP contribution in [0.3, 0.4) is 0 Å². The van der Waals surface area contributed by atoms with Crippen molar-refractivity contribution in [3.05, 3.63) is 0 Å². The number of piperidine rings is 1. The van der Waals surface area contributed by atoms with Crippen LogP contribution in [0.25, 0.3) is 0 Å². The van der Waals surface area contributed by atoms with E-state index in [0.717, 1.165) is 25.8 Å². The smallest absolute Gasteiger partial charge is 0.245 e. The monoisotopic (exact) mass is 279 g/mol. The molecule has 2 amide bonds. The zero-order valence-electron chi connectivity index (χ0n) is 12.2. The molecule has 0 spiro atoms. The van der Waals surface area contributed by atoms with E-state index in [1.807, 2.05) is 0 Å². The summed E-state index contributed by atoms with van der Waals surface area (Å²) in [6.07, 6.45) is 6.77. The third-order valence-electron chi connectivity index (χ3n) is 4.93. The van der Waals surface area contributed by atoms with Crippen LogP contribution in [0.5, 0.6) is 0 Å². The second kappa shape index (κ2) is 5.72. The van der Waals surface area contributed by atoms with Gasteiger partial charge < -0.3 is 15.5 Å². The molecule has 2 unspecified atom stereocenters. The molecule has 3 rings (SSSR count). The van der Waals surface area contributed by atoms with Gasteiger partial charge in [0.05, 0.1) is 0 Å². The van der Waals surface area contributed by atoms with Gasteiger partial charge in [-0.25, -0.2) is 0 Å². The molecule has 3 heterocycles. The summed E-state index contributed by atoms with van der Waals surface area (Å²) in [7, 11) is 0. The molecule has 3 fully saturated rings. The van der Waals surface area contributed by atoms with Crippen molar-refractivity contribution in [2.24, 2.45) is 0 Å². The van der Waals surface area contributed by atoms with Crippen molar-refractivity contribution in [2.75, 3.05) is 6.54 Å². The summed E-state index contributed by atoms with van der Waals surface area (Å²) < 4.78 is 0. The molecule has 0 saturated carbocycles.